The second-order valence-electron chi connectivity index (χ2n) is 6.14. The number of hydrogen-bond acceptors (Lipinski definition) is 3. The third kappa shape index (κ3) is 7.67. The highest BCUT2D eigenvalue weighted by molar-refractivity contribution is 7.85. The van der Waals surface area contributed by atoms with E-state index < -0.39 is 39.6 Å². The van der Waals surface area contributed by atoms with Crippen molar-refractivity contribution in [2.45, 2.75) is 37.1 Å². The Morgan fingerprint density at radius 1 is 0.897 bits per heavy atom. The van der Waals surface area contributed by atoms with E-state index in [0.29, 0.717) is 0 Å². The maximum absolute atomic E-state index is 12.5. The molecule has 0 aliphatic rings. The number of nitrogens with one attached hydrogen (secondary N) is 1. The van der Waals surface area contributed by atoms with Crippen LogP contribution in [0.15, 0.2) is 47.4 Å². The Labute approximate surface area is 164 Å². The van der Waals surface area contributed by atoms with Crippen LogP contribution in [0.4, 0.5) is 26.3 Å². The number of alkyl halides is 6. The Morgan fingerprint density at radius 2 is 1.31 bits per heavy atom. The summed E-state index contributed by atoms with van der Waals surface area (Å²) in [5.74, 6) is 0. The Kier molecular flexibility index (Phi) is 7.86. The molecule has 0 aliphatic carbocycles. The molecular weight excluding hydrogens is 424 g/mol. The van der Waals surface area contributed by atoms with Gasteiger partial charge in [-0.2, -0.15) is 34.8 Å². The molecule has 0 fully saturated rings. The SMILES string of the molecule is CN[C@H](C)c1cc(C(F)(F)F)cc(C(F)(F)F)c1.Cc1ccc(S(=O)(=O)O)cc1. The van der Waals surface area contributed by atoms with Gasteiger partial charge < -0.3 is 5.32 Å². The second-order valence-corrected chi connectivity index (χ2v) is 7.56. The van der Waals surface area contributed by atoms with Gasteiger partial charge in [-0.1, -0.05) is 17.7 Å². The maximum Gasteiger partial charge on any atom is 0.416 e. The van der Waals surface area contributed by atoms with Gasteiger partial charge in [-0.25, -0.2) is 0 Å². The van der Waals surface area contributed by atoms with Crippen LogP contribution in [0.2, 0.25) is 0 Å². The zero-order valence-corrected chi connectivity index (χ0v) is 16.4. The molecule has 0 aliphatic heterocycles. The smallest absolute Gasteiger partial charge is 0.313 e. The van der Waals surface area contributed by atoms with Crippen molar-refractivity contribution in [1.82, 2.24) is 5.32 Å². The lowest BCUT2D eigenvalue weighted by atomic mass is 10.0. The predicted octanol–water partition coefficient (Wildman–Crippen LogP) is 5.25. The van der Waals surface area contributed by atoms with Crippen molar-refractivity contribution in [2.24, 2.45) is 0 Å². The first-order valence-corrected chi connectivity index (χ1v) is 9.50. The molecule has 2 aromatic rings. The summed E-state index contributed by atoms with van der Waals surface area (Å²) in [7, 11) is -2.56. The largest absolute Gasteiger partial charge is 0.416 e. The fourth-order valence-electron chi connectivity index (χ4n) is 2.11. The van der Waals surface area contributed by atoms with E-state index in [2.05, 4.69) is 5.32 Å². The average molecular weight is 443 g/mol. The van der Waals surface area contributed by atoms with Crippen LogP contribution in [-0.2, 0) is 22.5 Å². The fourth-order valence-corrected chi connectivity index (χ4v) is 2.59. The van der Waals surface area contributed by atoms with Crippen LogP contribution in [0, 0.1) is 6.92 Å². The zero-order chi connectivity index (χ0) is 22.6. The summed E-state index contributed by atoms with van der Waals surface area (Å²) >= 11 is 0. The van der Waals surface area contributed by atoms with Crippen molar-refractivity contribution >= 4 is 10.1 Å². The molecule has 0 spiro atoms. The minimum atomic E-state index is -4.80. The average Bonchev–Trinajstić information content (AvgIpc) is 2.59. The zero-order valence-electron chi connectivity index (χ0n) is 15.6. The van der Waals surface area contributed by atoms with E-state index in [-0.39, 0.29) is 16.5 Å². The monoisotopic (exact) mass is 443 g/mol. The quantitative estimate of drug-likeness (QED) is 0.503. The summed E-state index contributed by atoms with van der Waals surface area (Å²) < 4.78 is 105. The number of benzene rings is 2. The van der Waals surface area contributed by atoms with Crippen molar-refractivity contribution in [2.75, 3.05) is 7.05 Å². The van der Waals surface area contributed by atoms with Gasteiger partial charge in [-0.15, -0.1) is 0 Å². The van der Waals surface area contributed by atoms with Crippen LogP contribution in [0.5, 0.6) is 0 Å². The highest BCUT2D eigenvalue weighted by atomic mass is 32.2. The molecule has 0 saturated carbocycles. The summed E-state index contributed by atoms with van der Waals surface area (Å²) in [5, 5.41) is 2.60. The molecule has 0 saturated heterocycles. The van der Waals surface area contributed by atoms with Crippen LogP contribution in [0.1, 0.15) is 35.2 Å². The van der Waals surface area contributed by atoms with Crippen LogP contribution in [-0.4, -0.2) is 20.0 Å². The molecule has 2 N–H and O–H groups in total. The van der Waals surface area contributed by atoms with Gasteiger partial charge in [-0.3, -0.25) is 4.55 Å². The minimum absolute atomic E-state index is 0.0559. The van der Waals surface area contributed by atoms with Crippen LogP contribution in [0.3, 0.4) is 0 Å². The van der Waals surface area contributed by atoms with E-state index >= 15 is 0 Å². The van der Waals surface area contributed by atoms with E-state index in [4.69, 9.17) is 4.55 Å². The second kappa shape index (κ2) is 9.14. The third-order valence-electron chi connectivity index (χ3n) is 3.86. The number of hydrogen-bond donors (Lipinski definition) is 2. The van der Waals surface area contributed by atoms with Gasteiger partial charge in [0, 0.05) is 6.04 Å². The predicted molar refractivity (Wildman–Crippen MR) is 94.9 cm³/mol. The topological polar surface area (TPSA) is 66.4 Å². The standard InChI is InChI=1S/C11H11F6N.C7H8O3S/c1-6(18-2)7-3-8(10(12,13)14)5-9(4-7)11(15,16)17;1-6-2-4-7(5-3-6)11(8,9)10/h3-6,18H,1-2H3;2-5H,1H3,(H,8,9,10)/t6-;/m1./s1. The van der Waals surface area contributed by atoms with Crippen molar-refractivity contribution in [1.29, 1.82) is 0 Å². The van der Waals surface area contributed by atoms with Gasteiger partial charge in [-0.05, 0) is 56.8 Å². The molecule has 0 bridgehead atoms. The van der Waals surface area contributed by atoms with Gasteiger partial charge in [0.05, 0.1) is 16.0 Å². The number of halogens is 6. The van der Waals surface area contributed by atoms with Gasteiger partial charge in [0.25, 0.3) is 10.1 Å². The number of aryl methyl sites for hydroxylation is 1. The van der Waals surface area contributed by atoms with Crippen molar-refractivity contribution < 1.29 is 39.3 Å². The summed E-state index contributed by atoms with van der Waals surface area (Å²) in [6.07, 6.45) is -9.60. The van der Waals surface area contributed by atoms with Gasteiger partial charge in [0.15, 0.2) is 0 Å². The summed E-state index contributed by atoms with van der Waals surface area (Å²) in [4.78, 5) is -0.0666. The van der Waals surface area contributed by atoms with Crippen molar-refractivity contribution in [3.63, 3.8) is 0 Å². The lowest BCUT2D eigenvalue weighted by Crippen LogP contribution is -2.17. The first-order chi connectivity index (χ1) is 13.1. The van der Waals surface area contributed by atoms with E-state index in [0.717, 1.165) is 17.7 Å². The molecule has 0 unspecified atom stereocenters. The first kappa shape index (κ1) is 24.9. The lowest BCUT2D eigenvalue weighted by Gasteiger charge is -2.17. The van der Waals surface area contributed by atoms with Crippen LogP contribution in [0.25, 0.3) is 0 Å². The molecule has 1 atom stereocenters. The molecule has 0 amide bonds. The Bertz CT molecular complexity index is 890. The molecule has 0 aromatic heterocycles. The Balaban J connectivity index is 0.000000326. The normalized spacial score (nSPS) is 13.4. The van der Waals surface area contributed by atoms with E-state index in [1.54, 1.807) is 12.1 Å². The molecule has 11 heteroatoms. The molecule has 2 rings (SSSR count). The molecular formula is C18H19F6NO3S. The Hall–Kier alpha value is -2.11. The van der Waals surface area contributed by atoms with Gasteiger partial charge >= 0.3 is 12.4 Å². The third-order valence-corrected chi connectivity index (χ3v) is 4.73. The van der Waals surface area contributed by atoms with E-state index in [9.17, 15) is 34.8 Å². The van der Waals surface area contributed by atoms with Crippen LogP contribution < -0.4 is 5.32 Å². The molecule has 29 heavy (non-hydrogen) atoms. The molecule has 0 heterocycles. The van der Waals surface area contributed by atoms with Crippen LogP contribution >= 0.6 is 0 Å². The maximum atomic E-state index is 12.5. The first-order valence-electron chi connectivity index (χ1n) is 8.06. The number of rotatable bonds is 3. The Morgan fingerprint density at radius 3 is 1.62 bits per heavy atom. The molecule has 162 valence electrons. The van der Waals surface area contributed by atoms with Crippen molar-refractivity contribution in [3.8, 4) is 0 Å². The highest BCUT2D eigenvalue weighted by Gasteiger charge is 2.37. The molecule has 4 nitrogen and oxygen atoms in total. The summed E-state index contributed by atoms with van der Waals surface area (Å²) in [6, 6.07) is 6.94. The minimum Gasteiger partial charge on any atom is -0.313 e. The molecule has 0 radical (unpaired) electrons. The molecule has 2 aromatic carbocycles. The van der Waals surface area contributed by atoms with Gasteiger partial charge in [0.1, 0.15) is 0 Å². The highest BCUT2D eigenvalue weighted by Crippen LogP contribution is 2.37. The van der Waals surface area contributed by atoms with Gasteiger partial charge in [0.2, 0.25) is 0 Å². The summed E-state index contributed by atoms with van der Waals surface area (Å²) in [5.41, 5.74) is -1.69. The fraction of sp³-hybridized carbons (Fsp3) is 0.333. The lowest BCUT2D eigenvalue weighted by molar-refractivity contribution is -0.143. The van der Waals surface area contributed by atoms with E-state index in [1.165, 1.54) is 26.1 Å². The van der Waals surface area contributed by atoms with E-state index in [1.807, 2.05) is 6.92 Å². The van der Waals surface area contributed by atoms with Crippen molar-refractivity contribution in [3.05, 3.63) is 64.7 Å². The summed E-state index contributed by atoms with van der Waals surface area (Å²) in [6.45, 7) is 3.32.